The van der Waals surface area contributed by atoms with Crippen molar-refractivity contribution >= 4 is 0 Å². The van der Waals surface area contributed by atoms with Gasteiger partial charge in [0.1, 0.15) is 0 Å². The quantitative estimate of drug-likeness (QED) is 0.815. The lowest BCUT2D eigenvalue weighted by Gasteiger charge is -2.31. The van der Waals surface area contributed by atoms with Crippen molar-refractivity contribution in [3.05, 3.63) is 5.82 Å². The monoisotopic (exact) mass is 251 g/mol. The Morgan fingerprint density at radius 1 is 1.22 bits per heavy atom. The number of rotatable bonds is 5. The minimum Gasteiger partial charge on any atom is -0.310 e. The van der Waals surface area contributed by atoms with Crippen molar-refractivity contribution in [1.82, 2.24) is 25.5 Å². The van der Waals surface area contributed by atoms with Gasteiger partial charge in [0.15, 0.2) is 5.82 Å². The number of nitrogens with one attached hydrogen (secondary N) is 1. The molecule has 102 valence electrons. The first-order chi connectivity index (χ1) is 8.70. The molecule has 0 spiro atoms. The highest BCUT2D eigenvalue weighted by Crippen LogP contribution is 2.35. The van der Waals surface area contributed by atoms with Gasteiger partial charge in [0, 0.05) is 0 Å². The molecule has 2 rings (SSSR count). The van der Waals surface area contributed by atoms with Crippen LogP contribution in [0.2, 0.25) is 0 Å². The molecule has 1 aromatic rings. The van der Waals surface area contributed by atoms with Gasteiger partial charge < -0.3 is 5.32 Å². The van der Waals surface area contributed by atoms with Crippen LogP contribution in [0.15, 0.2) is 0 Å². The van der Waals surface area contributed by atoms with Gasteiger partial charge in [-0.2, -0.15) is 0 Å². The predicted molar refractivity (Wildman–Crippen MR) is 71.0 cm³/mol. The van der Waals surface area contributed by atoms with E-state index in [2.05, 4.69) is 46.3 Å². The maximum Gasteiger partial charge on any atom is 0.165 e. The number of nitrogens with zero attached hydrogens (tertiary/aromatic N) is 4. The van der Waals surface area contributed by atoms with Gasteiger partial charge >= 0.3 is 0 Å². The summed E-state index contributed by atoms with van der Waals surface area (Å²) in [6.07, 6.45) is 4.88. The van der Waals surface area contributed by atoms with Gasteiger partial charge in [0.05, 0.1) is 12.6 Å². The SMILES string of the molecule is CCCNCc1nnnn1C1CC(C)CC(C)C1. The summed E-state index contributed by atoms with van der Waals surface area (Å²) < 4.78 is 2.05. The van der Waals surface area contributed by atoms with Gasteiger partial charge in [-0.25, -0.2) is 4.68 Å². The van der Waals surface area contributed by atoms with Gasteiger partial charge in [-0.15, -0.1) is 5.10 Å². The molecule has 1 aliphatic carbocycles. The molecule has 1 N–H and O–H groups in total. The van der Waals surface area contributed by atoms with Crippen LogP contribution in [0.3, 0.4) is 0 Å². The van der Waals surface area contributed by atoms with E-state index in [-0.39, 0.29) is 0 Å². The molecular formula is C13H25N5. The molecule has 1 heterocycles. The van der Waals surface area contributed by atoms with Crippen LogP contribution in [0.1, 0.15) is 58.3 Å². The molecule has 5 heteroatoms. The summed E-state index contributed by atoms with van der Waals surface area (Å²) >= 11 is 0. The van der Waals surface area contributed by atoms with E-state index in [0.29, 0.717) is 6.04 Å². The van der Waals surface area contributed by atoms with E-state index in [1.165, 1.54) is 19.3 Å². The van der Waals surface area contributed by atoms with Crippen molar-refractivity contribution in [2.24, 2.45) is 11.8 Å². The van der Waals surface area contributed by atoms with E-state index in [4.69, 9.17) is 0 Å². The van der Waals surface area contributed by atoms with Gasteiger partial charge in [0.25, 0.3) is 0 Å². The van der Waals surface area contributed by atoms with Crippen LogP contribution in [0.5, 0.6) is 0 Å². The lowest BCUT2D eigenvalue weighted by molar-refractivity contribution is 0.204. The normalized spacial score (nSPS) is 28.5. The number of hydrogen-bond acceptors (Lipinski definition) is 4. The molecule has 2 atom stereocenters. The summed E-state index contributed by atoms with van der Waals surface area (Å²) in [4.78, 5) is 0. The smallest absolute Gasteiger partial charge is 0.165 e. The highest BCUT2D eigenvalue weighted by Gasteiger charge is 2.27. The van der Waals surface area contributed by atoms with E-state index in [0.717, 1.165) is 37.2 Å². The first-order valence-electron chi connectivity index (χ1n) is 7.18. The topological polar surface area (TPSA) is 55.6 Å². The zero-order valence-electron chi connectivity index (χ0n) is 11.8. The van der Waals surface area contributed by atoms with Crippen molar-refractivity contribution in [3.8, 4) is 0 Å². The fraction of sp³-hybridized carbons (Fsp3) is 0.923. The Morgan fingerprint density at radius 3 is 2.61 bits per heavy atom. The molecule has 0 saturated heterocycles. The maximum atomic E-state index is 4.20. The molecule has 0 bridgehead atoms. The van der Waals surface area contributed by atoms with Crippen molar-refractivity contribution < 1.29 is 0 Å². The molecule has 18 heavy (non-hydrogen) atoms. The largest absolute Gasteiger partial charge is 0.310 e. The Hall–Kier alpha value is -0.970. The third-order valence-corrected chi connectivity index (χ3v) is 3.77. The summed E-state index contributed by atoms with van der Waals surface area (Å²) in [5.41, 5.74) is 0. The summed E-state index contributed by atoms with van der Waals surface area (Å²) in [6.45, 7) is 8.63. The Kier molecular flexibility index (Phi) is 4.69. The predicted octanol–water partition coefficient (Wildman–Crippen LogP) is 2.17. The first kappa shape index (κ1) is 13.5. The van der Waals surface area contributed by atoms with E-state index >= 15 is 0 Å². The highest BCUT2D eigenvalue weighted by atomic mass is 15.6. The molecule has 1 aromatic heterocycles. The first-order valence-corrected chi connectivity index (χ1v) is 7.18. The van der Waals surface area contributed by atoms with Crippen molar-refractivity contribution in [3.63, 3.8) is 0 Å². The molecule has 0 aromatic carbocycles. The van der Waals surface area contributed by atoms with E-state index in [9.17, 15) is 0 Å². The molecule has 0 radical (unpaired) electrons. The van der Waals surface area contributed by atoms with Crippen LogP contribution < -0.4 is 5.32 Å². The second-order valence-electron chi connectivity index (χ2n) is 5.79. The zero-order chi connectivity index (χ0) is 13.0. The summed E-state index contributed by atoms with van der Waals surface area (Å²) in [5, 5.41) is 15.6. The summed E-state index contributed by atoms with van der Waals surface area (Å²) in [5.74, 6) is 2.54. The van der Waals surface area contributed by atoms with E-state index in [1.54, 1.807) is 0 Å². The van der Waals surface area contributed by atoms with E-state index < -0.39 is 0 Å². The average Bonchev–Trinajstić information content (AvgIpc) is 2.76. The van der Waals surface area contributed by atoms with Crippen molar-refractivity contribution in [1.29, 1.82) is 0 Å². The Morgan fingerprint density at radius 2 is 1.94 bits per heavy atom. The second kappa shape index (κ2) is 6.27. The number of aromatic nitrogens is 4. The molecule has 1 fully saturated rings. The Balaban J connectivity index is 2.01. The molecule has 0 amide bonds. The molecule has 0 aliphatic heterocycles. The van der Waals surface area contributed by atoms with Crippen LogP contribution in [0, 0.1) is 11.8 Å². The van der Waals surface area contributed by atoms with Crippen molar-refractivity contribution in [2.45, 2.75) is 59.0 Å². The van der Waals surface area contributed by atoms with Crippen LogP contribution in [-0.4, -0.2) is 26.8 Å². The summed E-state index contributed by atoms with van der Waals surface area (Å²) in [6, 6.07) is 0.483. The molecule has 1 saturated carbocycles. The average molecular weight is 251 g/mol. The summed E-state index contributed by atoms with van der Waals surface area (Å²) in [7, 11) is 0. The third-order valence-electron chi connectivity index (χ3n) is 3.77. The van der Waals surface area contributed by atoms with Crippen LogP contribution in [0.4, 0.5) is 0 Å². The maximum absolute atomic E-state index is 4.20. The fourth-order valence-electron chi connectivity index (χ4n) is 3.09. The molecule has 2 unspecified atom stereocenters. The third kappa shape index (κ3) is 3.28. The van der Waals surface area contributed by atoms with E-state index in [1.807, 2.05) is 0 Å². The van der Waals surface area contributed by atoms with Crippen molar-refractivity contribution in [2.75, 3.05) is 6.54 Å². The van der Waals surface area contributed by atoms with Crippen LogP contribution in [-0.2, 0) is 6.54 Å². The highest BCUT2D eigenvalue weighted by molar-refractivity contribution is 4.87. The lowest BCUT2D eigenvalue weighted by atomic mass is 9.80. The number of tetrazole rings is 1. The molecule has 5 nitrogen and oxygen atoms in total. The zero-order valence-corrected chi connectivity index (χ0v) is 11.8. The van der Waals surface area contributed by atoms with Crippen LogP contribution in [0.25, 0.3) is 0 Å². The Labute approximate surface area is 109 Å². The lowest BCUT2D eigenvalue weighted by Crippen LogP contribution is -2.26. The Bertz CT molecular complexity index is 352. The van der Waals surface area contributed by atoms with Gasteiger partial charge in [0.2, 0.25) is 0 Å². The minimum absolute atomic E-state index is 0.483. The van der Waals surface area contributed by atoms with Crippen LogP contribution >= 0.6 is 0 Å². The fourth-order valence-corrected chi connectivity index (χ4v) is 3.09. The van der Waals surface area contributed by atoms with Gasteiger partial charge in [-0.3, -0.25) is 0 Å². The second-order valence-corrected chi connectivity index (χ2v) is 5.79. The molecule has 1 aliphatic rings. The molecular weight excluding hydrogens is 226 g/mol. The van der Waals surface area contributed by atoms with Gasteiger partial charge in [-0.05, 0) is 54.5 Å². The van der Waals surface area contributed by atoms with Gasteiger partial charge in [-0.1, -0.05) is 20.8 Å². The number of hydrogen-bond donors (Lipinski definition) is 1. The standard InChI is InChI=1S/C13H25N5/c1-4-5-14-9-13-15-16-17-18(13)12-7-10(2)6-11(3)8-12/h10-12,14H,4-9H2,1-3H3. The minimum atomic E-state index is 0.483.